The van der Waals surface area contributed by atoms with Gasteiger partial charge in [0, 0.05) is 26.2 Å². The van der Waals surface area contributed by atoms with Crippen molar-refractivity contribution in [2.24, 2.45) is 0 Å². The summed E-state index contributed by atoms with van der Waals surface area (Å²) in [7, 11) is 0. The van der Waals surface area contributed by atoms with E-state index in [1.807, 2.05) is 30.3 Å². The lowest BCUT2D eigenvalue weighted by atomic mass is 10.1. The lowest BCUT2D eigenvalue weighted by Crippen LogP contribution is -2.41. The van der Waals surface area contributed by atoms with E-state index in [1.54, 1.807) is 27.7 Å². The molecule has 0 saturated heterocycles. The fourth-order valence-corrected chi connectivity index (χ4v) is 4.63. The molecule has 0 radical (unpaired) electrons. The summed E-state index contributed by atoms with van der Waals surface area (Å²) in [5, 5.41) is 2.78. The Morgan fingerprint density at radius 1 is 1.12 bits per heavy atom. The minimum Gasteiger partial charge on any atom is -0.486 e. The van der Waals surface area contributed by atoms with Gasteiger partial charge >= 0.3 is 0 Å². The summed E-state index contributed by atoms with van der Waals surface area (Å²) >= 11 is 3.53. The predicted molar refractivity (Wildman–Crippen MR) is 131 cm³/mol. The van der Waals surface area contributed by atoms with E-state index in [2.05, 4.69) is 27.8 Å². The molecule has 4 rings (SSSR count). The van der Waals surface area contributed by atoms with Crippen molar-refractivity contribution >= 4 is 27.7 Å². The maximum atomic E-state index is 13.5. The number of nitrogens with one attached hydrogen (secondary N) is 1. The molecule has 1 aliphatic rings. The Kier molecular flexibility index (Phi) is 7.47. The first kappa shape index (κ1) is 23.8. The molecule has 1 N–H and O–H groups in total. The summed E-state index contributed by atoms with van der Waals surface area (Å²) in [4.78, 5) is 28.2. The minimum atomic E-state index is -0.345. The first-order valence-electron chi connectivity index (χ1n) is 11.0. The summed E-state index contributed by atoms with van der Waals surface area (Å²) in [6, 6.07) is 15.8. The summed E-state index contributed by atoms with van der Waals surface area (Å²) in [6.07, 6.45) is 2.19. The van der Waals surface area contributed by atoms with Crippen LogP contribution >= 0.6 is 15.9 Å². The Morgan fingerprint density at radius 3 is 2.56 bits per heavy atom. The van der Waals surface area contributed by atoms with Gasteiger partial charge in [0.2, 0.25) is 0 Å². The maximum Gasteiger partial charge on any atom is 0.274 e. The van der Waals surface area contributed by atoms with Crippen molar-refractivity contribution in [3.63, 3.8) is 0 Å². The molecule has 0 atom stereocenters. The number of carbonyl (C=O) groups excluding carboxylic acids is 2. The molecule has 2 amide bonds. The van der Waals surface area contributed by atoms with Gasteiger partial charge in [-0.2, -0.15) is 0 Å². The van der Waals surface area contributed by atoms with E-state index in [0.717, 1.165) is 11.1 Å². The summed E-state index contributed by atoms with van der Waals surface area (Å²) in [6.45, 7) is 5.63. The van der Waals surface area contributed by atoms with E-state index in [-0.39, 0.29) is 30.0 Å². The van der Waals surface area contributed by atoms with E-state index in [0.29, 0.717) is 48.5 Å². The van der Waals surface area contributed by atoms with Crippen molar-refractivity contribution in [1.29, 1.82) is 0 Å². The van der Waals surface area contributed by atoms with Crippen molar-refractivity contribution in [1.82, 2.24) is 14.8 Å². The third-order valence-corrected chi connectivity index (χ3v) is 6.51. The number of hydrogen-bond acceptors (Lipinski definition) is 3. The number of rotatable bonds is 9. The zero-order chi connectivity index (χ0) is 24.1. The highest BCUT2D eigenvalue weighted by atomic mass is 79.9. The molecule has 2 heterocycles. The zero-order valence-electron chi connectivity index (χ0n) is 18.6. The summed E-state index contributed by atoms with van der Waals surface area (Å²) < 4.78 is 21.6. The van der Waals surface area contributed by atoms with Gasteiger partial charge in [-0.15, -0.1) is 6.58 Å². The lowest BCUT2D eigenvalue weighted by Gasteiger charge is -2.29. The fourth-order valence-electron chi connectivity index (χ4n) is 3.91. The van der Waals surface area contributed by atoms with Crippen LogP contribution in [0, 0.1) is 5.82 Å². The Morgan fingerprint density at radius 2 is 1.85 bits per heavy atom. The quantitative estimate of drug-likeness (QED) is 0.416. The van der Waals surface area contributed by atoms with Crippen LogP contribution in [0.2, 0.25) is 0 Å². The molecule has 1 aliphatic heterocycles. The molecule has 176 valence electrons. The van der Waals surface area contributed by atoms with Crippen LogP contribution in [0.25, 0.3) is 0 Å². The number of aromatic nitrogens is 1. The normalized spacial score (nSPS) is 12.9. The Balaban J connectivity index is 1.62. The molecular weight excluding hydrogens is 501 g/mol. The molecule has 0 aliphatic carbocycles. The molecule has 2 aromatic carbocycles. The minimum absolute atomic E-state index is 0.208. The van der Waals surface area contributed by atoms with Crippen LogP contribution in [0.4, 0.5) is 4.39 Å². The van der Waals surface area contributed by atoms with E-state index in [1.165, 1.54) is 12.1 Å². The van der Waals surface area contributed by atoms with Crippen molar-refractivity contribution in [2.75, 3.05) is 19.6 Å². The molecule has 0 unspecified atom stereocenters. The second-order valence-electron chi connectivity index (χ2n) is 7.94. The largest absolute Gasteiger partial charge is 0.486 e. The predicted octanol–water partition coefficient (Wildman–Crippen LogP) is 4.58. The van der Waals surface area contributed by atoms with Gasteiger partial charge < -0.3 is 19.5 Å². The van der Waals surface area contributed by atoms with Crippen molar-refractivity contribution < 1.29 is 18.7 Å². The number of nitrogens with zero attached hydrogens (tertiary/aromatic N) is 2. The number of hydrogen-bond donors (Lipinski definition) is 1. The SMILES string of the molecule is C=CCNC(=O)c1c(OCc2ccccc2)c2n(c1Br)CCN(CCc1ccc(F)cc1)C2=O. The Labute approximate surface area is 206 Å². The Hall–Kier alpha value is -3.39. The number of ether oxygens (including phenoxy) is 1. The van der Waals surface area contributed by atoms with Crippen LogP contribution in [0.1, 0.15) is 32.0 Å². The van der Waals surface area contributed by atoms with Gasteiger partial charge in [0.15, 0.2) is 11.4 Å². The van der Waals surface area contributed by atoms with Crippen LogP contribution < -0.4 is 10.1 Å². The van der Waals surface area contributed by atoms with Gasteiger partial charge in [-0.1, -0.05) is 48.5 Å². The molecule has 1 aromatic heterocycles. The average Bonchev–Trinajstić information content (AvgIpc) is 3.14. The lowest BCUT2D eigenvalue weighted by molar-refractivity contribution is 0.0699. The number of carbonyl (C=O) groups is 2. The van der Waals surface area contributed by atoms with Gasteiger partial charge in [0.1, 0.15) is 22.6 Å². The molecule has 8 heteroatoms. The molecule has 0 bridgehead atoms. The standard InChI is InChI=1S/C26H25BrFN3O3/c1-2-13-29-25(32)21-23(34-17-19-6-4-3-5-7-19)22-26(33)30(15-16-31(22)24(21)27)14-12-18-8-10-20(28)11-9-18/h2-11H,1,12-17H2,(H,29,32). The molecule has 0 spiro atoms. The summed E-state index contributed by atoms with van der Waals surface area (Å²) in [5.74, 6) is -0.584. The Bertz CT molecular complexity index is 1190. The smallest absolute Gasteiger partial charge is 0.274 e. The van der Waals surface area contributed by atoms with Crippen LogP contribution in [-0.4, -0.2) is 40.9 Å². The number of fused-ring (bicyclic) bond motifs is 1. The van der Waals surface area contributed by atoms with Crippen molar-refractivity contribution in [3.8, 4) is 5.75 Å². The third-order valence-electron chi connectivity index (χ3n) is 5.68. The highest BCUT2D eigenvalue weighted by Gasteiger charge is 2.36. The molecule has 0 fully saturated rings. The molecule has 34 heavy (non-hydrogen) atoms. The molecule has 3 aromatic rings. The third kappa shape index (κ3) is 5.07. The second kappa shape index (κ2) is 10.7. The number of amides is 2. The van der Waals surface area contributed by atoms with Crippen LogP contribution in [0.5, 0.6) is 5.75 Å². The van der Waals surface area contributed by atoms with E-state index in [9.17, 15) is 14.0 Å². The first-order valence-corrected chi connectivity index (χ1v) is 11.8. The number of halogens is 2. The maximum absolute atomic E-state index is 13.5. The topological polar surface area (TPSA) is 63.6 Å². The van der Waals surface area contributed by atoms with E-state index < -0.39 is 0 Å². The monoisotopic (exact) mass is 525 g/mol. The van der Waals surface area contributed by atoms with Gasteiger partial charge in [-0.25, -0.2) is 4.39 Å². The van der Waals surface area contributed by atoms with Gasteiger partial charge in [-0.3, -0.25) is 9.59 Å². The van der Waals surface area contributed by atoms with Crippen molar-refractivity contribution in [3.05, 3.63) is 100 Å². The second-order valence-corrected chi connectivity index (χ2v) is 8.69. The fraction of sp³-hybridized carbons (Fsp3) is 0.231. The van der Waals surface area contributed by atoms with Crippen molar-refractivity contribution in [2.45, 2.75) is 19.6 Å². The van der Waals surface area contributed by atoms with E-state index >= 15 is 0 Å². The van der Waals surface area contributed by atoms with Crippen LogP contribution in [-0.2, 0) is 19.6 Å². The highest BCUT2D eigenvalue weighted by Crippen LogP contribution is 2.37. The van der Waals surface area contributed by atoms with E-state index in [4.69, 9.17) is 4.74 Å². The molecular formula is C26H25BrFN3O3. The number of benzene rings is 2. The molecule has 6 nitrogen and oxygen atoms in total. The van der Waals surface area contributed by atoms with Gasteiger partial charge in [0.25, 0.3) is 11.8 Å². The first-order chi connectivity index (χ1) is 16.5. The van der Waals surface area contributed by atoms with Gasteiger partial charge in [-0.05, 0) is 45.6 Å². The zero-order valence-corrected chi connectivity index (χ0v) is 20.2. The summed E-state index contributed by atoms with van der Waals surface area (Å²) in [5.41, 5.74) is 2.51. The highest BCUT2D eigenvalue weighted by molar-refractivity contribution is 9.10. The van der Waals surface area contributed by atoms with Crippen LogP contribution in [0.3, 0.4) is 0 Å². The molecule has 0 saturated carbocycles. The van der Waals surface area contributed by atoms with Crippen LogP contribution in [0.15, 0.2) is 71.9 Å². The average molecular weight is 526 g/mol. The van der Waals surface area contributed by atoms with Gasteiger partial charge in [0.05, 0.1) is 0 Å².